The summed E-state index contributed by atoms with van der Waals surface area (Å²) in [7, 11) is 0. The zero-order chi connectivity index (χ0) is 12.7. The molecule has 0 radical (unpaired) electrons. The molecule has 0 bridgehead atoms. The molecule has 1 saturated carbocycles. The number of nitrogens with one attached hydrogen (secondary N) is 1. The van der Waals surface area contributed by atoms with Crippen LogP contribution in [0, 0.1) is 11.8 Å². The first-order valence-corrected chi connectivity index (χ1v) is 7.07. The topological polar surface area (TPSA) is 41.5 Å². The molecule has 0 aliphatic heterocycles. The van der Waals surface area contributed by atoms with Gasteiger partial charge in [-0.05, 0) is 44.4 Å². The molecular formula is C14H29NO2. The van der Waals surface area contributed by atoms with Crippen molar-refractivity contribution < 1.29 is 9.84 Å². The maximum absolute atomic E-state index is 9.72. The van der Waals surface area contributed by atoms with Crippen molar-refractivity contribution >= 4 is 0 Å². The van der Waals surface area contributed by atoms with E-state index in [2.05, 4.69) is 26.1 Å². The second-order valence-electron chi connectivity index (χ2n) is 5.92. The van der Waals surface area contributed by atoms with Crippen LogP contribution in [0.4, 0.5) is 0 Å². The minimum Gasteiger partial charge on any atom is -0.389 e. The number of rotatable bonds is 10. The van der Waals surface area contributed by atoms with Gasteiger partial charge in [-0.15, -0.1) is 0 Å². The van der Waals surface area contributed by atoms with E-state index >= 15 is 0 Å². The molecule has 1 rings (SSSR count). The molecule has 0 unspecified atom stereocenters. The molecular weight excluding hydrogens is 214 g/mol. The molecule has 3 nitrogen and oxygen atoms in total. The van der Waals surface area contributed by atoms with E-state index in [-0.39, 0.29) is 6.10 Å². The van der Waals surface area contributed by atoms with Crippen LogP contribution in [-0.2, 0) is 4.74 Å². The van der Waals surface area contributed by atoms with Crippen molar-refractivity contribution in [2.75, 3.05) is 19.8 Å². The van der Waals surface area contributed by atoms with Crippen molar-refractivity contribution in [2.24, 2.45) is 11.8 Å². The van der Waals surface area contributed by atoms with Crippen LogP contribution in [0.15, 0.2) is 0 Å². The van der Waals surface area contributed by atoms with E-state index in [1.807, 2.05) is 0 Å². The fourth-order valence-electron chi connectivity index (χ4n) is 1.74. The summed E-state index contributed by atoms with van der Waals surface area (Å²) in [4.78, 5) is 0. The van der Waals surface area contributed by atoms with Crippen molar-refractivity contribution in [3.05, 3.63) is 0 Å². The van der Waals surface area contributed by atoms with E-state index in [4.69, 9.17) is 4.74 Å². The van der Waals surface area contributed by atoms with Crippen LogP contribution in [0.1, 0.15) is 46.5 Å². The van der Waals surface area contributed by atoms with Crippen LogP contribution in [0.5, 0.6) is 0 Å². The molecule has 17 heavy (non-hydrogen) atoms. The molecule has 102 valence electrons. The highest BCUT2D eigenvalue weighted by molar-refractivity contribution is 4.72. The zero-order valence-electron chi connectivity index (χ0n) is 11.6. The predicted molar refractivity (Wildman–Crippen MR) is 71.1 cm³/mol. The molecule has 0 aromatic rings. The van der Waals surface area contributed by atoms with Crippen LogP contribution in [0.2, 0.25) is 0 Å². The van der Waals surface area contributed by atoms with Gasteiger partial charge in [0, 0.05) is 19.2 Å². The highest BCUT2D eigenvalue weighted by atomic mass is 16.5. The smallest absolute Gasteiger partial charge is 0.0897 e. The summed E-state index contributed by atoms with van der Waals surface area (Å²) in [6.45, 7) is 8.62. The van der Waals surface area contributed by atoms with Gasteiger partial charge < -0.3 is 15.2 Å². The summed E-state index contributed by atoms with van der Waals surface area (Å²) in [6, 6.07) is 0.482. The molecule has 0 amide bonds. The maximum atomic E-state index is 9.72. The number of hydrogen-bond donors (Lipinski definition) is 2. The summed E-state index contributed by atoms with van der Waals surface area (Å²) in [6.07, 6.45) is 4.66. The molecule has 2 atom stereocenters. The minimum atomic E-state index is -0.366. The van der Waals surface area contributed by atoms with Gasteiger partial charge in [-0.1, -0.05) is 13.8 Å². The average Bonchev–Trinajstić information content (AvgIpc) is 3.07. The van der Waals surface area contributed by atoms with Gasteiger partial charge in [0.1, 0.15) is 0 Å². The largest absolute Gasteiger partial charge is 0.389 e. The Bertz CT molecular complexity index is 193. The van der Waals surface area contributed by atoms with Crippen LogP contribution in [0.25, 0.3) is 0 Å². The molecule has 1 aliphatic rings. The lowest BCUT2D eigenvalue weighted by Crippen LogP contribution is -2.36. The van der Waals surface area contributed by atoms with E-state index in [0.29, 0.717) is 19.2 Å². The van der Waals surface area contributed by atoms with Gasteiger partial charge in [0.2, 0.25) is 0 Å². The van der Waals surface area contributed by atoms with Crippen molar-refractivity contribution in [1.29, 1.82) is 0 Å². The Labute approximate surface area is 106 Å². The van der Waals surface area contributed by atoms with Gasteiger partial charge in [-0.25, -0.2) is 0 Å². The molecule has 1 aliphatic carbocycles. The average molecular weight is 243 g/mol. The number of aliphatic hydroxyl groups is 1. The molecule has 2 N–H and O–H groups in total. The minimum absolute atomic E-state index is 0.366. The van der Waals surface area contributed by atoms with Gasteiger partial charge in [0.15, 0.2) is 0 Å². The molecule has 3 heteroatoms. The molecule has 0 heterocycles. The quantitative estimate of drug-likeness (QED) is 0.618. The Hall–Kier alpha value is -0.120. The Morgan fingerprint density at radius 2 is 1.94 bits per heavy atom. The van der Waals surface area contributed by atoms with Gasteiger partial charge in [0.05, 0.1) is 12.7 Å². The fourth-order valence-corrected chi connectivity index (χ4v) is 1.74. The highest BCUT2D eigenvalue weighted by Gasteiger charge is 2.21. The van der Waals surface area contributed by atoms with Gasteiger partial charge in [0.25, 0.3) is 0 Å². The first-order chi connectivity index (χ1) is 8.08. The second kappa shape index (κ2) is 8.06. The third-order valence-corrected chi connectivity index (χ3v) is 3.24. The Morgan fingerprint density at radius 1 is 1.24 bits per heavy atom. The molecule has 1 fully saturated rings. The summed E-state index contributed by atoms with van der Waals surface area (Å²) in [5.41, 5.74) is 0. The second-order valence-corrected chi connectivity index (χ2v) is 5.92. The maximum Gasteiger partial charge on any atom is 0.0897 e. The van der Waals surface area contributed by atoms with Gasteiger partial charge in [-0.2, -0.15) is 0 Å². The van der Waals surface area contributed by atoms with Crippen molar-refractivity contribution in [2.45, 2.75) is 58.6 Å². The lowest BCUT2D eigenvalue weighted by molar-refractivity contribution is 0.0313. The fraction of sp³-hybridized carbons (Fsp3) is 1.00. The van der Waals surface area contributed by atoms with E-state index in [1.54, 1.807) is 0 Å². The van der Waals surface area contributed by atoms with E-state index in [0.717, 1.165) is 18.4 Å². The monoisotopic (exact) mass is 243 g/mol. The van der Waals surface area contributed by atoms with Crippen LogP contribution >= 0.6 is 0 Å². The first-order valence-electron chi connectivity index (χ1n) is 7.07. The van der Waals surface area contributed by atoms with E-state index in [9.17, 15) is 5.11 Å². The highest BCUT2D eigenvalue weighted by Crippen LogP contribution is 2.28. The SMILES string of the molecule is CC(C)CC[C@@H](C)NC[C@@H](O)COCC1CC1. The van der Waals surface area contributed by atoms with Gasteiger partial charge >= 0.3 is 0 Å². The Balaban J connectivity index is 1.91. The number of aliphatic hydroxyl groups excluding tert-OH is 1. The van der Waals surface area contributed by atoms with Crippen molar-refractivity contribution in [1.82, 2.24) is 5.32 Å². The molecule has 0 aromatic heterocycles. The summed E-state index contributed by atoms with van der Waals surface area (Å²) in [5, 5.41) is 13.1. The van der Waals surface area contributed by atoms with Crippen LogP contribution < -0.4 is 5.32 Å². The Kier molecular flexibility index (Phi) is 7.09. The molecule has 0 aromatic carbocycles. The third-order valence-electron chi connectivity index (χ3n) is 3.24. The van der Waals surface area contributed by atoms with Crippen LogP contribution in [0.3, 0.4) is 0 Å². The first kappa shape index (κ1) is 14.9. The molecule has 0 spiro atoms. The van der Waals surface area contributed by atoms with E-state index < -0.39 is 0 Å². The predicted octanol–water partition coefficient (Wildman–Crippen LogP) is 2.19. The lowest BCUT2D eigenvalue weighted by Gasteiger charge is -2.18. The third kappa shape index (κ3) is 8.58. The lowest BCUT2D eigenvalue weighted by atomic mass is 10.0. The number of ether oxygens (including phenoxy) is 1. The van der Waals surface area contributed by atoms with Crippen molar-refractivity contribution in [3.63, 3.8) is 0 Å². The normalized spacial score (nSPS) is 19.6. The standard InChI is InChI=1S/C14H29NO2/c1-11(2)4-5-12(3)15-8-14(16)10-17-9-13-6-7-13/h11-16H,4-10H2,1-3H3/t12-,14-/m1/s1. The van der Waals surface area contributed by atoms with Crippen LogP contribution in [-0.4, -0.2) is 37.0 Å². The zero-order valence-corrected chi connectivity index (χ0v) is 11.6. The van der Waals surface area contributed by atoms with Gasteiger partial charge in [-0.3, -0.25) is 0 Å². The number of hydrogen-bond acceptors (Lipinski definition) is 3. The molecule has 0 saturated heterocycles. The summed E-state index contributed by atoms with van der Waals surface area (Å²) in [5.74, 6) is 1.53. The van der Waals surface area contributed by atoms with E-state index in [1.165, 1.54) is 25.7 Å². The summed E-state index contributed by atoms with van der Waals surface area (Å²) >= 11 is 0. The Morgan fingerprint density at radius 3 is 2.53 bits per heavy atom. The summed E-state index contributed by atoms with van der Waals surface area (Å²) < 4.78 is 5.46. The van der Waals surface area contributed by atoms with Crippen molar-refractivity contribution in [3.8, 4) is 0 Å².